The minimum atomic E-state index is -0.391. The third kappa shape index (κ3) is 4.79. The first-order valence-electron chi connectivity index (χ1n) is 8.68. The maximum absolute atomic E-state index is 12.1. The van der Waals surface area contributed by atoms with Gasteiger partial charge in [0.2, 0.25) is 12.7 Å². The molecular weight excluding hydrogens is 364 g/mol. The lowest BCUT2D eigenvalue weighted by Gasteiger charge is -2.08. The number of carbonyl (C=O) groups is 3. The maximum atomic E-state index is 12.1. The molecular formula is C20H20N2O6. The van der Waals surface area contributed by atoms with E-state index < -0.39 is 5.97 Å². The highest BCUT2D eigenvalue weighted by molar-refractivity contribution is 5.97. The van der Waals surface area contributed by atoms with Crippen LogP contribution in [0.5, 0.6) is 11.5 Å². The zero-order chi connectivity index (χ0) is 19.9. The second kappa shape index (κ2) is 8.90. The van der Waals surface area contributed by atoms with E-state index in [1.165, 1.54) is 7.11 Å². The van der Waals surface area contributed by atoms with Crippen molar-refractivity contribution >= 4 is 17.8 Å². The standard InChI is InChI=1S/C20H20N2O6/c1-26-20(25)14-4-2-13(3-5-14)8-9-21-18(23)11-22-19(24)15-6-7-16-17(10-15)28-12-27-16/h2-7,10H,8-9,11-12H2,1H3,(H,21,23)(H,22,24). The lowest BCUT2D eigenvalue weighted by Crippen LogP contribution is -2.37. The van der Waals surface area contributed by atoms with Crippen molar-refractivity contribution in [2.45, 2.75) is 6.42 Å². The molecule has 8 nitrogen and oxygen atoms in total. The molecule has 0 radical (unpaired) electrons. The van der Waals surface area contributed by atoms with Crippen LogP contribution < -0.4 is 20.1 Å². The Morgan fingerprint density at radius 3 is 2.43 bits per heavy atom. The van der Waals surface area contributed by atoms with Crippen molar-refractivity contribution < 1.29 is 28.6 Å². The van der Waals surface area contributed by atoms with E-state index in [-0.39, 0.29) is 25.2 Å². The molecule has 0 saturated carbocycles. The molecule has 0 aromatic heterocycles. The van der Waals surface area contributed by atoms with Gasteiger partial charge in [-0.2, -0.15) is 0 Å². The van der Waals surface area contributed by atoms with Crippen molar-refractivity contribution in [2.75, 3.05) is 27.0 Å². The van der Waals surface area contributed by atoms with E-state index in [4.69, 9.17) is 9.47 Å². The molecule has 2 amide bonds. The Labute approximate surface area is 161 Å². The summed E-state index contributed by atoms with van der Waals surface area (Å²) in [5, 5.41) is 5.30. The summed E-state index contributed by atoms with van der Waals surface area (Å²) >= 11 is 0. The number of carbonyl (C=O) groups excluding carboxylic acids is 3. The van der Waals surface area contributed by atoms with Crippen molar-refractivity contribution in [3.05, 3.63) is 59.2 Å². The first-order valence-corrected chi connectivity index (χ1v) is 8.68. The molecule has 1 aliphatic heterocycles. The molecule has 0 saturated heterocycles. The van der Waals surface area contributed by atoms with Gasteiger partial charge in [0.1, 0.15) is 0 Å². The SMILES string of the molecule is COC(=O)c1ccc(CCNC(=O)CNC(=O)c2ccc3c(c2)OCO3)cc1. The van der Waals surface area contributed by atoms with E-state index in [9.17, 15) is 14.4 Å². The number of benzene rings is 2. The summed E-state index contributed by atoms with van der Waals surface area (Å²) in [7, 11) is 1.33. The van der Waals surface area contributed by atoms with Crippen LogP contribution in [0.3, 0.4) is 0 Å². The van der Waals surface area contributed by atoms with E-state index in [2.05, 4.69) is 15.4 Å². The predicted molar refractivity (Wildman–Crippen MR) is 99.4 cm³/mol. The normalized spacial score (nSPS) is 11.6. The molecule has 28 heavy (non-hydrogen) atoms. The number of rotatable bonds is 7. The van der Waals surface area contributed by atoms with Gasteiger partial charge in [-0.25, -0.2) is 4.79 Å². The highest BCUT2D eigenvalue weighted by Crippen LogP contribution is 2.32. The van der Waals surface area contributed by atoms with Crippen LogP contribution in [0.1, 0.15) is 26.3 Å². The number of hydrogen-bond donors (Lipinski definition) is 2. The summed E-state index contributed by atoms with van der Waals surface area (Å²) in [6.07, 6.45) is 0.600. The monoisotopic (exact) mass is 384 g/mol. The van der Waals surface area contributed by atoms with Gasteiger partial charge in [-0.3, -0.25) is 9.59 Å². The molecule has 2 N–H and O–H groups in total. The van der Waals surface area contributed by atoms with E-state index >= 15 is 0 Å². The fraction of sp³-hybridized carbons (Fsp3) is 0.250. The predicted octanol–water partition coefficient (Wildman–Crippen LogP) is 1.29. The van der Waals surface area contributed by atoms with Crippen LogP contribution in [0.25, 0.3) is 0 Å². The molecule has 0 spiro atoms. The molecule has 2 aromatic rings. The second-order valence-electron chi connectivity index (χ2n) is 6.04. The summed E-state index contributed by atoms with van der Waals surface area (Å²) in [6.45, 7) is 0.416. The molecule has 2 aromatic carbocycles. The van der Waals surface area contributed by atoms with Gasteiger partial charge in [-0.05, 0) is 42.3 Å². The minimum Gasteiger partial charge on any atom is -0.465 e. The van der Waals surface area contributed by atoms with E-state index in [0.29, 0.717) is 35.6 Å². The van der Waals surface area contributed by atoms with Gasteiger partial charge in [-0.15, -0.1) is 0 Å². The molecule has 8 heteroatoms. The largest absolute Gasteiger partial charge is 0.465 e. The van der Waals surface area contributed by atoms with Gasteiger partial charge in [0, 0.05) is 12.1 Å². The summed E-state index contributed by atoms with van der Waals surface area (Å²) < 4.78 is 15.1. The molecule has 0 fully saturated rings. The van der Waals surface area contributed by atoms with Crippen LogP contribution in [-0.4, -0.2) is 44.8 Å². The Kier molecular flexibility index (Phi) is 6.11. The van der Waals surface area contributed by atoms with Crippen LogP contribution in [0.15, 0.2) is 42.5 Å². The zero-order valence-electron chi connectivity index (χ0n) is 15.3. The molecule has 3 rings (SSSR count). The smallest absolute Gasteiger partial charge is 0.337 e. The molecule has 0 atom stereocenters. The Morgan fingerprint density at radius 2 is 1.68 bits per heavy atom. The average molecular weight is 384 g/mol. The highest BCUT2D eigenvalue weighted by atomic mass is 16.7. The highest BCUT2D eigenvalue weighted by Gasteiger charge is 2.16. The molecule has 146 valence electrons. The average Bonchev–Trinajstić information content (AvgIpc) is 3.19. The van der Waals surface area contributed by atoms with Crippen LogP contribution in [-0.2, 0) is 16.0 Å². The molecule has 0 unspecified atom stereocenters. The summed E-state index contributed by atoms with van der Waals surface area (Å²) in [4.78, 5) is 35.4. The van der Waals surface area contributed by atoms with Crippen LogP contribution in [0.4, 0.5) is 0 Å². The Balaban J connectivity index is 1.40. The van der Waals surface area contributed by atoms with E-state index in [1.54, 1.807) is 42.5 Å². The quantitative estimate of drug-likeness (QED) is 0.698. The summed E-state index contributed by atoms with van der Waals surface area (Å²) in [6, 6.07) is 11.8. The van der Waals surface area contributed by atoms with Crippen molar-refractivity contribution in [1.82, 2.24) is 10.6 Å². The molecule has 1 heterocycles. The number of nitrogens with one attached hydrogen (secondary N) is 2. The number of ether oxygens (including phenoxy) is 3. The first kappa shape index (κ1) is 19.2. The third-order valence-corrected chi connectivity index (χ3v) is 4.16. The number of methoxy groups -OCH3 is 1. The lowest BCUT2D eigenvalue weighted by atomic mass is 10.1. The molecule has 0 bridgehead atoms. The minimum absolute atomic E-state index is 0.130. The lowest BCUT2D eigenvalue weighted by molar-refractivity contribution is -0.120. The second-order valence-corrected chi connectivity index (χ2v) is 6.04. The maximum Gasteiger partial charge on any atom is 0.337 e. The van der Waals surface area contributed by atoms with Gasteiger partial charge in [0.05, 0.1) is 19.2 Å². The van der Waals surface area contributed by atoms with Crippen molar-refractivity contribution in [2.24, 2.45) is 0 Å². The summed E-state index contributed by atoms with van der Waals surface area (Å²) in [5.41, 5.74) is 1.83. The first-order chi connectivity index (χ1) is 13.6. The van der Waals surface area contributed by atoms with E-state index in [0.717, 1.165) is 5.56 Å². The van der Waals surface area contributed by atoms with Crippen LogP contribution >= 0.6 is 0 Å². The number of amides is 2. The van der Waals surface area contributed by atoms with Gasteiger partial charge in [0.25, 0.3) is 5.91 Å². The Morgan fingerprint density at radius 1 is 0.964 bits per heavy atom. The van der Waals surface area contributed by atoms with Gasteiger partial charge < -0.3 is 24.8 Å². The fourth-order valence-electron chi connectivity index (χ4n) is 2.63. The van der Waals surface area contributed by atoms with Crippen LogP contribution in [0, 0.1) is 0 Å². The number of fused-ring (bicyclic) bond motifs is 1. The number of esters is 1. The number of hydrogen-bond acceptors (Lipinski definition) is 6. The van der Waals surface area contributed by atoms with Gasteiger partial charge in [0.15, 0.2) is 11.5 Å². The Bertz CT molecular complexity index is 879. The van der Waals surface area contributed by atoms with Crippen molar-refractivity contribution in [3.8, 4) is 11.5 Å². The van der Waals surface area contributed by atoms with Gasteiger partial charge >= 0.3 is 5.97 Å². The van der Waals surface area contributed by atoms with Crippen LogP contribution in [0.2, 0.25) is 0 Å². The summed E-state index contributed by atoms with van der Waals surface area (Å²) in [5.74, 6) is 0.0504. The molecule has 1 aliphatic rings. The van der Waals surface area contributed by atoms with Crippen molar-refractivity contribution in [3.63, 3.8) is 0 Å². The fourth-order valence-corrected chi connectivity index (χ4v) is 2.63. The van der Waals surface area contributed by atoms with E-state index in [1.807, 2.05) is 0 Å². The Hall–Kier alpha value is -3.55. The third-order valence-electron chi connectivity index (χ3n) is 4.16. The van der Waals surface area contributed by atoms with Crippen molar-refractivity contribution in [1.29, 1.82) is 0 Å². The molecule has 0 aliphatic carbocycles. The topological polar surface area (TPSA) is 103 Å². The zero-order valence-corrected chi connectivity index (χ0v) is 15.3. The van der Waals surface area contributed by atoms with Gasteiger partial charge in [-0.1, -0.05) is 12.1 Å².